The second-order valence-corrected chi connectivity index (χ2v) is 4.05. The molecule has 0 atom stereocenters. The molecule has 0 heterocycles. The highest BCUT2D eigenvalue weighted by molar-refractivity contribution is 6.33. The molecule has 0 aliphatic carbocycles. The predicted molar refractivity (Wildman–Crippen MR) is 64.1 cm³/mol. The largest absolute Gasteiger partial charge is 0.380 e. The fraction of sp³-hybridized carbons (Fsp3) is 0.333. The molecule has 1 aromatic carbocycles. The van der Waals surface area contributed by atoms with E-state index < -0.39 is 0 Å². The van der Waals surface area contributed by atoms with Gasteiger partial charge in [-0.05, 0) is 38.5 Å². The smallest absolute Gasteiger partial charge is 0.0637 e. The van der Waals surface area contributed by atoms with Crippen LogP contribution in [0.3, 0.4) is 0 Å². The number of rotatable bonds is 3. The van der Waals surface area contributed by atoms with Gasteiger partial charge in [0, 0.05) is 6.54 Å². The first-order chi connectivity index (χ1) is 6.59. The van der Waals surface area contributed by atoms with Gasteiger partial charge in [-0.1, -0.05) is 29.3 Å². The average molecular weight is 210 g/mol. The Morgan fingerprint density at radius 2 is 2.14 bits per heavy atom. The van der Waals surface area contributed by atoms with Gasteiger partial charge >= 0.3 is 0 Å². The van der Waals surface area contributed by atoms with Gasteiger partial charge in [-0.3, -0.25) is 0 Å². The van der Waals surface area contributed by atoms with Crippen LogP contribution in [0.25, 0.3) is 0 Å². The molecule has 1 rings (SSSR count). The highest BCUT2D eigenvalue weighted by Crippen LogP contribution is 2.22. The molecule has 0 spiro atoms. The Hall–Kier alpha value is -0.950. The normalized spacial score (nSPS) is 9.71. The van der Waals surface area contributed by atoms with Gasteiger partial charge in [0.25, 0.3) is 0 Å². The van der Waals surface area contributed by atoms with E-state index in [0.29, 0.717) is 0 Å². The summed E-state index contributed by atoms with van der Waals surface area (Å²) in [5.41, 5.74) is 3.53. The zero-order chi connectivity index (χ0) is 10.6. The highest BCUT2D eigenvalue weighted by atomic mass is 35.5. The van der Waals surface area contributed by atoms with Crippen LogP contribution >= 0.6 is 11.6 Å². The Balaban J connectivity index is 2.67. The molecule has 1 nitrogen and oxygen atoms in total. The van der Waals surface area contributed by atoms with Crippen molar-refractivity contribution in [3.05, 3.63) is 40.4 Å². The summed E-state index contributed by atoms with van der Waals surface area (Å²) < 4.78 is 0. The van der Waals surface area contributed by atoms with Crippen molar-refractivity contribution in [2.24, 2.45) is 0 Å². The van der Waals surface area contributed by atoms with Gasteiger partial charge < -0.3 is 5.32 Å². The summed E-state index contributed by atoms with van der Waals surface area (Å²) in [6, 6.07) is 5.98. The lowest BCUT2D eigenvalue weighted by molar-refractivity contribution is 1.26. The van der Waals surface area contributed by atoms with Gasteiger partial charge in [-0.15, -0.1) is 0 Å². The fourth-order valence-electron chi connectivity index (χ4n) is 1.14. The van der Waals surface area contributed by atoms with Crippen molar-refractivity contribution in [2.75, 3.05) is 11.9 Å². The Kier molecular flexibility index (Phi) is 4.02. The third-order valence-electron chi connectivity index (χ3n) is 1.92. The Labute approximate surface area is 90.8 Å². The Morgan fingerprint density at radius 1 is 1.43 bits per heavy atom. The van der Waals surface area contributed by atoms with Crippen LogP contribution in [0.5, 0.6) is 0 Å². The fourth-order valence-corrected chi connectivity index (χ4v) is 1.32. The summed E-state index contributed by atoms with van der Waals surface area (Å²) in [6.07, 6.45) is 2.14. The Bertz CT molecular complexity index is 338. The molecule has 0 bridgehead atoms. The number of benzene rings is 1. The van der Waals surface area contributed by atoms with Gasteiger partial charge in [-0.25, -0.2) is 0 Å². The summed E-state index contributed by atoms with van der Waals surface area (Å²) in [5.74, 6) is 0. The molecule has 0 aromatic heterocycles. The van der Waals surface area contributed by atoms with Crippen LogP contribution in [-0.4, -0.2) is 6.54 Å². The molecule has 0 fully saturated rings. The number of anilines is 1. The van der Waals surface area contributed by atoms with Crippen molar-refractivity contribution < 1.29 is 0 Å². The number of aryl methyl sites for hydroxylation is 1. The summed E-state index contributed by atoms with van der Waals surface area (Å²) in [7, 11) is 0. The average Bonchev–Trinajstić information content (AvgIpc) is 2.10. The predicted octanol–water partition coefficient (Wildman–Crippen LogP) is 4.03. The molecule has 14 heavy (non-hydrogen) atoms. The van der Waals surface area contributed by atoms with E-state index in [1.807, 2.05) is 12.1 Å². The van der Waals surface area contributed by atoms with E-state index in [-0.39, 0.29) is 0 Å². The molecule has 0 saturated heterocycles. The van der Waals surface area contributed by atoms with E-state index in [0.717, 1.165) is 17.3 Å². The summed E-state index contributed by atoms with van der Waals surface area (Å²) in [6.45, 7) is 7.05. The van der Waals surface area contributed by atoms with Crippen LogP contribution in [0.15, 0.2) is 29.8 Å². The first-order valence-corrected chi connectivity index (χ1v) is 5.11. The van der Waals surface area contributed by atoms with Crippen molar-refractivity contribution in [2.45, 2.75) is 20.8 Å². The number of hydrogen-bond acceptors (Lipinski definition) is 1. The number of allylic oxidation sites excluding steroid dienone is 1. The molecule has 0 unspecified atom stereocenters. The molecule has 0 radical (unpaired) electrons. The van der Waals surface area contributed by atoms with Crippen LogP contribution in [0.2, 0.25) is 5.02 Å². The molecule has 0 aliphatic rings. The second-order valence-electron chi connectivity index (χ2n) is 3.65. The van der Waals surface area contributed by atoms with Crippen molar-refractivity contribution in [3.63, 3.8) is 0 Å². The molecule has 1 N–H and O–H groups in total. The Morgan fingerprint density at radius 3 is 2.79 bits per heavy atom. The molecular weight excluding hydrogens is 194 g/mol. The standard InChI is InChI=1S/C12H16ClN/c1-9(2)6-7-14-12-8-10(3)4-5-11(12)13/h4-6,8,14H,7H2,1-3H3. The lowest BCUT2D eigenvalue weighted by atomic mass is 10.2. The minimum atomic E-state index is 0.776. The highest BCUT2D eigenvalue weighted by Gasteiger charge is 1.97. The minimum absolute atomic E-state index is 0.776. The van der Waals surface area contributed by atoms with E-state index in [4.69, 9.17) is 11.6 Å². The lowest BCUT2D eigenvalue weighted by Crippen LogP contribution is -1.99. The van der Waals surface area contributed by atoms with E-state index in [2.05, 4.69) is 38.2 Å². The van der Waals surface area contributed by atoms with Gasteiger partial charge in [-0.2, -0.15) is 0 Å². The quantitative estimate of drug-likeness (QED) is 0.742. The topological polar surface area (TPSA) is 12.0 Å². The third-order valence-corrected chi connectivity index (χ3v) is 2.25. The van der Waals surface area contributed by atoms with Crippen LogP contribution < -0.4 is 5.32 Å². The molecule has 2 heteroatoms. The molecule has 0 saturated carbocycles. The van der Waals surface area contributed by atoms with Crippen molar-refractivity contribution in [1.29, 1.82) is 0 Å². The van der Waals surface area contributed by atoms with Crippen LogP contribution in [-0.2, 0) is 0 Å². The van der Waals surface area contributed by atoms with Gasteiger partial charge in [0.2, 0.25) is 0 Å². The van der Waals surface area contributed by atoms with Crippen LogP contribution in [0.4, 0.5) is 5.69 Å². The molecule has 76 valence electrons. The second kappa shape index (κ2) is 5.06. The number of halogens is 1. The van der Waals surface area contributed by atoms with Crippen LogP contribution in [0.1, 0.15) is 19.4 Å². The number of nitrogens with one attached hydrogen (secondary N) is 1. The maximum atomic E-state index is 6.03. The number of hydrogen-bond donors (Lipinski definition) is 1. The summed E-state index contributed by atoms with van der Waals surface area (Å²) in [5, 5.41) is 4.05. The zero-order valence-corrected chi connectivity index (χ0v) is 9.65. The third kappa shape index (κ3) is 3.43. The van der Waals surface area contributed by atoms with Gasteiger partial charge in [0.05, 0.1) is 10.7 Å². The summed E-state index contributed by atoms with van der Waals surface area (Å²) in [4.78, 5) is 0. The minimum Gasteiger partial charge on any atom is -0.380 e. The van der Waals surface area contributed by atoms with Crippen molar-refractivity contribution in [3.8, 4) is 0 Å². The van der Waals surface area contributed by atoms with Crippen molar-refractivity contribution in [1.82, 2.24) is 0 Å². The lowest BCUT2D eigenvalue weighted by Gasteiger charge is -2.07. The monoisotopic (exact) mass is 209 g/mol. The maximum absolute atomic E-state index is 6.03. The first kappa shape index (κ1) is 11.1. The first-order valence-electron chi connectivity index (χ1n) is 4.73. The zero-order valence-electron chi connectivity index (χ0n) is 8.89. The molecule has 0 amide bonds. The maximum Gasteiger partial charge on any atom is 0.0637 e. The van der Waals surface area contributed by atoms with Gasteiger partial charge in [0.1, 0.15) is 0 Å². The van der Waals surface area contributed by atoms with Crippen LogP contribution in [0, 0.1) is 6.92 Å². The van der Waals surface area contributed by atoms with Gasteiger partial charge in [0.15, 0.2) is 0 Å². The van der Waals surface area contributed by atoms with E-state index in [1.165, 1.54) is 11.1 Å². The molecular formula is C12H16ClN. The summed E-state index contributed by atoms with van der Waals surface area (Å²) >= 11 is 6.03. The van der Waals surface area contributed by atoms with Crippen molar-refractivity contribution >= 4 is 17.3 Å². The van der Waals surface area contributed by atoms with E-state index >= 15 is 0 Å². The van der Waals surface area contributed by atoms with E-state index in [9.17, 15) is 0 Å². The SMILES string of the molecule is CC(C)=CCNc1cc(C)ccc1Cl. The molecule has 1 aromatic rings. The van der Waals surface area contributed by atoms with E-state index in [1.54, 1.807) is 0 Å². The molecule has 0 aliphatic heterocycles.